The fourth-order valence-electron chi connectivity index (χ4n) is 2.48. The van der Waals surface area contributed by atoms with Gasteiger partial charge in [-0.15, -0.1) is 24.0 Å². The Morgan fingerprint density at radius 3 is 2.48 bits per heavy atom. The predicted molar refractivity (Wildman–Crippen MR) is 127 cm³/mol. The number of halogens is 4. The number of rotatable bonds is 10. The first-order valence-corrected chi connectivity index (χ1v) is 9.57. The Kier molecular flexibility index (Phi) is 11.2. The molecule has 0 saturated heterocycles. The van der Waals surface area contributed by atoms with Gasteiger partial charge in [-0.25, -0.2) is 4.98 Å². The van der Waals surface area contributed by atoms with Gasteiger partial charge < -0.3 is 25.8 Å². The molecule has 0 radical (unpaired) electrons. The molecule has 0 amide bonds. The van der Waals surface area contributed by atoms with Crippen LogP contribution < -0.4 is 25.8 Å². The van der Waals surface area contributed by atoms with E-state index in [0.29, 0.717) is 55.7 Å². The van der Waals surface area contributed by atoms with Crippen LogP contribution in [0.5, 0.6) is 11.5 Å². The molecule has 1 heterocycles. The molecule has 0 unspecified atom stereocenters. The first kappa shape index (κ1) is 26.6. The maximum atomic E-state index is 12.5. The number of aliphatic imine (C=N–C) groups is 1. The smallest absolute Gasteiger partial charge is 0.417 e. The summed E-state index contributed by atoms with van der Waals surface area (Å²) in [6.45, 7) is 5.73. The lowest BCUT2D eigenvalue weighted by molar-refractivity contribution is -0.137. The number of hydrogen-bond acceptors (Lipinski definition) is 5. The molecule has 0 saturated carbocycles. The Balaban J connectivity index is 0.00000480. The van der Waals surface area contributed by atoms with Crippen LogP contribution in [0.2, 0.25) is 0 Å². The number of pyridine rings is 1. The first-order valence-electron chi connectivity index (χ1n) is 9.57. The van der Waals surface area contributed by atoms with Gasteiger partial charge in [-0.2, -0.15) is 13.2 Å². The largest absolute Gasteiger partial charge is 0.494 e. The lowest BCUT2D eigenvalue weighted by Gasteiger charge is -2.14. The number of nitrogens with one attached hydrogen (secondary N) is 2. The molecule has 172 valence electrons. The zero-order valence-corrected chi connectivity index (χ0v) is 19.7. The fourth-order valence-corrected chi connectivity index (χ4v) is 2.48. The molecule has 0 bridgehead atoms. The number of hydrogen-bond donors (Lipinski definition) is 3. The maximum Gasteiger partial charge on any atom is 0.417 e. The molecular weight excluding hydrogens is 526 g/mol. The average molecular weight is 553 g/mol. The van der Waals surface area contributed by atoms with E-state index in [1.54, 1.807) is 12.1 Å². The van der Waals surface area contributed by atoms with Crippen LogP contribution in [0.15, 0.2) is 41.5 Å². The zero-order valence-electron chi connectivity index (χ0n) is 17.3. The van der Waals surface area contributed by atoms with Gasteiger partial charge in [0.25, 0.3) is 0 Å². The molecule has 0 atom stereocenters. The summed E-state index contributed by atoms with van der Waals surface area (Å²) in [4.78, 5) is 8.01. The third-order valence-electron chi connectivity index (χ3n) is 3.84. The van der Waals surface area contributed by atoms with E-state index >= 15 is 0 Å². The molecule has 2 rings (SSSR count). The molecule has 7 nitrogen and oxygen atoms in total. The second kappa shape index (κ2) is 13.1. The Bertz CT molecular complexity index is 833. The van der Waals surface area contributed by atoms with Crippen molar-refractivity contribution < 1.29 is 22.6 Å². The molecule has 11 heteroatoms. The number of nitrogens with two attached hydrogens (primary N) is 1. The van der Waals surface area contributed by atoms with Gasteiger partial charge in [0.05, 0.1) is 24.5 Å². The van der Waals surface area contributed by atoms with Crippen LogP contribution in [0.25, 0.3) is 0 Å². The molecule has 0 fully saturated rings. The molecule has 1 aromatic carbocycles. The van der Waals surface area contributed by atoms with E-state index < -0.39 is 11.7 Å². The summed E-state index contributed by atoms with van der Waals surface area (Å²) in [6, 6.07) is 7.68. The monoisotopic (exact) mass is 553 g/mol. The first-order chi connectivity index (χ1) is 14.3. The van der Waals surface area contributed by atoms with Crippen LogP contribution in [0, 0.1) is 0 Å². The summed E-state index contributed by atoms with van der Waals surface area (Å²) < 4.78 is 48.6. The lowest BCUT2D eigenvalue weighted by Crippen LogP contribution is -2.23. The van der Waals surface area contributed by atoms with Crippen molar-refractivity contribution in [1.29, 1.82) is 0 Å². The average Bonchev–Trinajstić information content (AvgIpc) is 2.70. The summed E-state index contributed by atoms with van der Waals surface area (Å²) in [6.07, 6.45) is -2.98. The van der Waals surface area contributed by atoms with E-state index in [1.165, 1.54) is 6.07 Å². The van der Waals surface area contributed by atoms with E-state index in [2.05, 4.69) is 20.6 Å². The summed E-state index contributed by atoms with van der Waals surface area (Å²) in [5.74, 6) is 1.91. The molecule has 0 aliphatic heterocycles. The minimum atomic E-state index is -4.39. The number of guanidine groups is 1. The van der Waals surface area contributed by atoms with E-state index in [0.717, 1.165) is 12.3 Å². The van der Waals surface area contributed by atoms with Crippen molar-refractivity contribution >= 4 is 41.4 Å². The van der Waals surface area contributed by atoms with Gasteiger partial charge >= 0.3 is 6.18 Å². The van der Waals surface area contributed by atoms with Gasteiger partial charge in [0.1, 0.15) is 17.3 Å². The fraction of sp³-hybridized carbons (Fsp3) is 0.400. The van der Waals surface area contributed by atoms with Gasteiger partial charge in [-0.3, -0.25) is 4.99 Å². The summed E-state index contributed by atoms with van der Waals surface area (Å²) in [5.41, 5.74) is 5.82. The van der Waals surface area contributed by atoms with Crippen molar-refractivity contribution in [3.05, 3.63) is 42.1 Å². The van der Waals surface area contributed by atoms with Crippen molar-refractivity contribution in [1.82, 2.24) is 4.98 Å². The Morgan fingerprint density at radius 2 is 1.87 bits per heavy atom. The summed E-state index contributed by atoms with van der Waals surface area (Å²) >= 11 is 0. The third kappa shape index (κ3) is 9.07. The van der Waals surface area contributed by atoms with Gasteiger partial charge in [0.2, 0.25) is 0 Å². The second-order valence-electron chi connectivity index (χ2n) is 6.13. The minimum Gasteiger partial charge on any atom is -0.494 e. The standard InChI is InChI=1S/C20H26F3N5O2.HI/c1-3-29-15-7-8-17(30-4-2)16(12-15)28-19(24)26-11-5-10-25-18-9-6-14(13-27-18)20(21,22)23;/h6-9,12-13H,3-5,10-11H2,1-2H3,(H,25,27)(H3,24,26,28);1H. The number of ether oxygens (including phenoxy) is 2. The summed E-state index contributed by atoms with van der Waals surface area (Å²) in [7, 11) is 0. The van der Waals surface area contributed by atoms with Crippen molar-refractivity contribution in [2.75, 3.05) is 36.9 Å². The molecule has 1 aromatic heterocycles. The highest BCUT2D eigenvalue weighted by molar-refractivity contribution is 14.0. The molecule has 31 heavy (non-hydrogen) atoms. The second-order valence-corrected chi connectivity index (χ2v) is 6.13. The van der Waals surface area contributed by atoms with Crippen LogP contribution in [0.3, 0.4) is 0 Å². The lowest BCUT2D eigenvalue weighted by atomic mass is 10.2. The Morgan fingerprint density at radius 1 is 1.13 bits per heavy atom. The van der Waals surface area contributed by atoms with Crippen molar-refractivity contribution in [3.8, 4) is 11.5 Å². The molecule has 4 N–H and O–H groups in total. The number of nitrogens with zero attached hydrogens (tertiary/aromatic N) is 2. The van der Waals surface area contributed by atoms with Crippen LogP contribution >= 0.6 is 24.0 Å². The molecule has 2 aromatic rings. The highest BCUT2D eigenvalue weighted by atomic mass is 127. The quantitative estimate of drug-likeness (QED) is 0.170. The van der Waals surface area contributed by atoms with E-state index in [1.807, 2.05) is 19.9 Å². The minimum absolute atomic E-state index is 0. The van der Waals surface area contributed by atoms with Crippen LogP contribution in [0.1, 0.15) is 25.8 Å². The SMILES string of the molecule is CCOc1ccc(OCC)c(NC(N)=NCCCNc2ccc(C(F)(F)F)cn2)c1.I. The maximum absolute atomic E-state index is 12.5. The van der Waals surface area contributed by atoms with Crippen LogP contribution in [-0.2, 0) is 6.18 Å². The molecule has 0 aliphatic carbocycles. The Labute approximate surface area is 196 Å². The Hall–Kier alpha value is -2.44. The number of alkyl halides is 3. The number of aromatic nitrogens is 1. The van der Waals surface area contributed by atoms with Gasteiger partial charge in [0.15, 0.2) is 5.96 Å². The van der Waals surface area contributed by atoms with Crippen molar-refractivity contribution in [2.45, 2.75) is 26.4 Å². The topological polar surface area (TPSA) is 93.8 Å². The zero-order chi connectivity index (χ0) is 22.0. The molecular formula is C20H27F3IN5O2. The van der Waals surface area contributed by atoms with Gasteiger partial charge in [-0.05, 0) is 44.5 Å². The summed E-state index contributed by atoms with van der Waals surface area (Å²) in [5, 5.41) is 5.96. The highest BCUT2D eigenvalue weighted by Crippen LogP contribution is 2.30. The highest BCUT2D eigenvalue weighted by Gasteiger charge is 2.30. The number of benzene rings is 1. The van der Waals surface area contributed by atoms with E-state index in [4.69, 9.17) is 15.2 Å². The van der Waals surface area contributed by atoms with E-state index in [9.17, 15) is 13.2 Å². The van der Waals surface area contributed by atoms with Gasteiger partial charge in [-0.1, -0.05) is 0 Å². The molecule has 0 spiro atoms. The third-order valence-corrected chi connectivity index (χ3v) is 3.84. The van der Waals surface area contributed by atoms with Crippen LogP contribution in [-0.4, -0.2) is 37.2 Å². The van der Waals surface area contributed by atoms with Crippen molar-refractivity contribution in [2.24, 2.45) is 10.7 Å². The molecule has 0 aliphatic rings. The van der Waals surface area contributed by atoms with E-state index in [-0.39, 0.29) is 29.9 Å². The van der Waals surface area contributed by atoms with Gasteiger partial charge in [0, 0.05) is 25.4 Å². The normalized spacial score (nSPS) is 11.5. The number of anilines is 2. The van der Waals surface area contributed by atoms with Crippen LogP contribution in [0.4, 0.5) is 24.7 Å². The predicted octanol–water partition coefficient (Wildman–Crippen LogP) is 4.74. The van der Waals surface area contributed by atoms with Crippen molar-refractivity contribution in [3.63, 3.8) is 0 Å².